The second-order valence-electron chi connectivity index (χ2n) is 5.27. The van der Waals surface area contributed by atoms with Crippen LogP contribution in [0.1, 0.15) is 24.2 Å². The summed E-state index contributed by atoms with van der Waals surface area (Å²) in [4.78, 5) is 11.9. The van der Waals surface area contributed by atoms with Crippen LogP contribution in [0.5, 0.6) is 0 Å². The van der Waals surface area contributed by atoms with E-state index in [0.717, 1.165) is 21.9 Å². The summed E-state index contributed by atoms with van der Waals surface area (Å²) in [5, 5.41) is 9.40. The van der Waals surface area contributed by atoms with Crippen molar-refractivity contribution < 1.29 is 18.0 Å². The van der Waals surface area contributed by atoms with Gasteiger partial charge in [0.15, 0.2) is 5.16 Å². The maximum Gasteiger partial charge on any atom is 0.451 e. The average molecular weight is 358 g/mol. The van der Waals surface area contributed by atoms with Gasteiger partial charge in [0, 0.05) is 13.6 Å². The van der Waals surface area contributed by atoms with E-state index >= 15 is 0 Å². The molecular formula is C15H17F3N4OS. The zero-order valence-corrected chi connectivity index (χ0v) is 14.0. The Balaban J connectivity index is 1.83. The van der Waals surface area contributed by atoms with Crippen LogP contribution in [0.2, 0.25) is 0 Å². The lowest BCUT2D eigenvalue weighted by atomic mass is 10.0. The van der Waals surface area contributed by atoms with E-state index in [4.69, 9.17) is 0 Å². The average Bonchev–Trinajstić information content (AvgIpc) is 2.92. The summed E-state index contributed by atoms with van der Waals surface area (Å²) in [7, 11) is 1.22. The van der Waals surface area contributed by atoms with Crippen molar-refractivity contribution in [2.75, 3.05) is 12.3 Å². The number of halogens is 3. The molecule has 5 nitrogen and oxygen atoms in total. The van der Waals surface area contributed by atoms with Crippen LogP contribution >= 0.6 is 11.8 Å². The van der Waals surface area contributed by atoms with Crippen molar-refractivity contribution in [2.45, 2.75) is 24.2 Å². The third kappa shape index (κ3) is 4.73. The molecule has 1 atom stereocenters. The van der Waals surface area contributed by atoms with Crippen LogP contribution in [0, 0.1) is 0 Å². The van der Waals surface area contributed by atoms with Gasteiger partial charge in [0.25, 0.3) is 0 Å². The molecule has 1 heterocycles. The first-order valence-corrected chi connectivity index (χ1v) is 8.18. The normalized spacial score (nSPS) is 12.9. The predicted molar refractivity (Wildman–Crippen MR) is 84.6 cm³/mol. The van der Waals surface area contributed by atoms with Gasteiger partial charge in [-0.1, -0.05) is 49.0 Å². The number of nitrogens with one attached hydrogen (secondary N) is 1. The number of amides is 1. The minimum atomic E-state index is -4.56. The zero-order chi connectivity index (χ0) is 17.7. The molecule has 24 heavy (non-hydrogen) atoms. The van der Waals surface area contributed by atoms with Gasteiger partial charge >= 0.3 is 6.18 Å². The van der Waals surface area contributed by atoms with E-state index in [2.05, 4.69) is 15.5 Å². The first-order valence-electron chi connectivity index (χ1n) is 7.20. The summed E-state index contributed by atoms with van der Waals surface area (Å²) < 4.78 is 38.7. The summed E-state index contributed by atoms with van der Waals surface area (Å²) in [5.74, 6) is -1.22. The number of alkyl halides is 3. The Labute approximate surface area is 141 Å². The van der Waals surface area contributed by atoms with Crippen LogP contribution in [0.25, 0.3) is 0 Å². The van der Waals surface area contributed by atoms with E-state index in [0.29, 0.717) is 6.54 Å². The van der Waals surface area contributed by atoms with Gasteiger partial charge in [-0.3, -0.25) is 4.79 Å². The van der Waals surface area contributed by atoms with Crippen molar-refractivity contribution in [3.63, 3.8) is 0 Å². The number of hydrogen-bond donors (Lipinski definition) is 1. The van der Waals surface area contributed by atoms with E-state index in [1.54, 1.807) is 0 Å². The smallest absolute Gasteiger partial charge is 0.355 e. The fourth-order valence-electron chi connectivity index (χ4n) is 2.03. The highest BCUT2D eigenvalue weighted by Crippen LogP contribution is 2.29. The highest BCUT2D eigenvalue weighted by atomic mass is 32.2. The molecule has 0 fully saturated rings. The molecule has 2 rings (SSSR count). The van der Waals surface area contributed by atoms with Gasteiger partial charge in [0.05, 0.1) is 5.75 Å². The lowest BCUT2D eigenvalue weighted by Gasteiger charge is -2.13. The molecule has 1 aromatic carbocycles. The number of thioether (sulfide) groups is 1. The summed E-state index contributed by atoms with van der Waals surface area (Å²) in [6.07, 6.45) is -4.56. The van der Waals surface area contributed by atoms with Crippen molar-refractivity contribution in [2.24, 2.45) is 7.05 Å². The molecule has 0 spiro atoms. The minimum Gasteiger partial charge on any atom is -0.355 e. The minimum absolute atomic E-state index is 0.0225. The van der Waals surface area contributed by atoms with Gasteiger partial charge in [-0.25, -0.2) is 0 Å². The number of hydrogen-bond acceptors (Lipinski definition) is 4. The van der Waals surface area contributed by atoms with Crippen molar-refractivity contribution in [1.82, 2.24) is 20.1 Å². The Kier molecular flexibility index (Phi) is 5.87. The van der Waals surface area contributed by atoms with Gasteiger partial charge in [-0.05, 0) is 11.5 Å². The predicted octanol–water partition coefficient (Wildman–Crippen LogP) is 2.85. The maximum atomic E-state index is 12.6. The first-order chi connectivity index (χ1) is 11.3. The maximum absolute atomic E-state index is 12.6. The van der Waals surface area contributed by atoms with Crippen molar-refractivity contribution in [1.29, 1.82) is 0 Å². The largest absolute Gasteiger partial charge is 0.451 e. The van der Waals surface area contributed by atoms with E-state index in [1.165, 1.54) is 7.05 Å². The number of carbonyl (C=O) groups is 1. The molecule has 0 aliphatic heterocycles. The molecule has 0 saturated carbocycles. The van der Waals surface area contributed by atoms with E-state index in [9.17, 15) is 18.0 Å². The molecular weight excluding hydrogens is 341 g/mol. The first kappa shape index (κ1) is 18.3. The molecule has 9 heteroatoms. The summed E-state index contributed by atoms with van der Waals surface area (Å²) in [6.45, 7) is 2.44. The standard InChI is InChI=1S/C15H17F3N4OS/c1-10(11-6-4-3-5-7-11)8-19-12(23)9-24-14-21-20-13(22(14)2)15(16,17)18/h3-7,10H,8-9H2,1-2H3,(H,19,23)/t10-/m1/s1. The van der Waals surface area contributed by atoms with E-state index in [-0.39, 0.29) is 22.7 Å². The van der Waals surface area contributed by atoms with Crippen LogP contribution < -0.4 is 5.32 Å². The molecule has 0 radical (unpaired) electrons. The third-order valence-corrected chi connectivity index (χ3v) is 4.42. The van der Waals surface area contributed by atoms with E-state index in [1.807, 2.05) is 37.3 Å². The van der Waals surface area contributed by atoms with Crippen LogP contribution in [0.15, 0.2) is 35.5 Å². The fraction of sp³-hybridized carbons (Fsp3) is 0.400. The molecule has 0 bridgehead atoms. The Morgan fingerprint density at radius 2 is 1.96 bits per heavy atom. The Morgan fingerprint density at radius 3 is 2.54 bits per heavy atom. The summed E-state index contributed by atoms with van der Waals surface area (Å²) in [5.41, 5.74) is 1.11. The summed E-state index contributed by atoms with van der Waals surface area (Å²) in [6, 6.07) is 9.72. The van der Waals surface area contributed by atoms with Gasteiger partial charge in [0.1, 0.15) is 0 Å². The number of carbonyl (C=O) groups excluding carboxylic acids is 1. The van der Waals surface area contributed by atoms with Crippen LogP contribution in [0.4, 0.5) is 13.2 Å². The molecule has 0 saturated heterocycles. The number of benzene rings is 1. The second kappa shape index (κ2) is 7.69. The van der Waals surface area contributed by atoms with Crippen LogP contribution in [0.3, 0.4) is 0 Å². The summed E-state index contributed by atoms with van der Waals surface area (Å²) >= 11 is 0.917. The van der Waals surface area contributed by atoms with Gasteiger partial charge < -0.3 is 9.88 Å². The number of nitrogens with zero attached hydrogens (tertiary/aromatic N) is 3. The number of rotatable bonds is 6. The molecule has 2 aromatic rings. The van der Waals surface area contributed by atoms with Gasteiger partial charge in [0.2, 0.25) is 11.7 Å². The van der Waals surface area contributed by atoms with Gasteiger partial charge in [-0.2, -0.15) is 13.2 Å². The van der Waals surface area contributed by atoms with Crippen molar-refractivity contribution >= 4 is 17.7 Å². The van der Waals surface area contributed by atoms with Gasteiger partial charge in [-0.15, -0.1) is 10.2 Å². The SMILES string of the molecule is C[C@H](CNC(=O)CSc1nnc(C(F)(F)F)n1C)c1ccccc1. The van der Waals surface area contributed by atoms with Crippen molar-refractivity contribution in [3.8, 4) is 0 Å². The molecule has 1 N–H and O–H groups in total. The quantitative estimate of drug-likeness (QED) is 0.807. The molecule has 0 aliphatic carbocycles. The highest BCUT2D eigenvalue weighted by Gasteiger charge is 2.37. The monoisotopic (exact) mass is 358 g/mol. The molecule has 130 valence electrons. The molecule has 0 unspecified atom stereocenters. The fourth-order valence-corrected chi connectivity index (χ4v) is 2.78. The van der Waals surface area contributed by atoms with Crippen LogP contribution in [-0.2, 0) is 18.0 Å². The van der Waals surface area contributed by atoms with Crippen molar-refractivity contribution in [3.05, 3.63) is 41.7 Å². The third-order valence-electron chi connectivity index (χ3n) is 3.39. The second-order valence-corrected chi connectivity index (χ2v) is 6.21. The van der Waals surface area contributed by atoms with E-state index < -0.39 is 12.0 Å². The topological polar surface area (TPSA) is 59.8 Å². The Hall–Kier alpha value is -2.03. The Morgan fingerprint density at radius 1 is 1.29 bits per heavy atom. The zero-order valence-electron chi connectivity index (χ0n) is 13.2. The van der Waals surface area contributed by atoms with Crippen LogP contribution in [-0.4, -0.2) is 33.0 Å². The lowest BCUT2D eigenvalue weighted by Crippen LogP contribution is -2.29. The number of aromatic nitrogens is 3. The molecule has 0 aliphatic rings. The lowest BCUT2D eigenvalue weighted by molar-refractivity contribution is -0.147. The molecule has 1 aromatic heterocycles. The Bertz CT molecular complexity index is 688. The highest BCUT2D eigenvalue weighted by molar-refractivity contribution is 7.99. The molecule has 1 amide bonds.